The van der Waals surface area contributed by atoms with Crippen molar-refractivity contribution in [1.29, 1.82) is 0 Å². The van der Waals surface area contributed by atoms with Crippen LogP contribution in [-0.2, 0) is 16.0 Å². The number of aromatic amines is 1. The largest absolute Gasteiger partial charge is 0.368 e. The summed E-state index contributed by atoms with van der Waals surface area (Å²) in [5.41, 5.74) is 9.94. The van der Waals surface area contributed by atoms with Gasteiger partial charge in [0.2, 0.25) is 11.8 Å². The maximum absolute atomic E-state index is 13.7. The molecule has 7 heteroatoms. The molecule has 1 aliphatic carbocycles. The second kappa shape index (κ2) is 11.1. The van der Waals surface area contributed by atoms with Crippen LogP contribution in [0.2, 0.25) is 0 Å². The zero-order chi connectivity index (χ0) is 25.9. The van der Waals surface area contributed by atoms with E-state index in [1.807, 2.05) is 17.9 Å². The van der Waals surface area contributed by atoms with E-state index in [1.54, 1.807) is 0 Å². The Morgan fingerprint density at radius 2 is 1.81 bits per heavy atom. The minimum Gasteiger partial charge on any atom is -0.368 e. The Labute approximate surface area is 217 Å². The van der Waals surface area contributed by atoms with Crippen molar-refractivity contribution in [3.05, 3.63) is 71.2 Å². The molecule has 3 aromatic rings. The number of carbonyl (C=O) groups is 2. The van der Waals surface area contributed by atoms with E-state index in [2.05, 4.69) is 40.8 Å². The van der Waals surface area contributed by atoms with Crippen molar-refractivity contribution >= 4 is 22.7 Å². The number of aromatic nitrogens is 1. The summed E-state index contributed by atoms with van der Waals surface area (Å²) in [6, 6.07) is 13.1. The van der Waals surface area contributed by atoms with E-state index in [4.69, 9.17) is 5.73 Å². The Kier molecular flexibility index (Phi) is 7.60. The van der Waals surface area contributed by atoms with Crippen LogP contribution in [0, 0.1) is 18.7 Å². The maximum atomic E-state index is 13.7. The van der Waals surface area contributed by atoms with Gasteiger partial charge < -0.3 is 20.9 Å². The van der Waals surface area contributed by atoms with Crippen LogP contribution in [0.25, 0.3) is 10.9 Å². The van der Waals surface area contributed by atoms with Crippen LogP contribution in [0.4, 0.5) is 4.39 Å². The lowest BCUT2D eigenvalue weighted by atomic mass is 9.80. The van der Waals surface area contributed by atoms with Crippen LogP contribution in [0.15, 0.2) is 48.7 Å². The molecule has 2 heterocycles. The number of rotatable bonds is 7. The van der Waals surface area contributed by atoms with Crippen LogP contribution in [-0.4, -0.2) is 46.9 Å². The Morgan fingerprint density at radius 3 is 2.51 bits per heavy atom. The summed E-state index contributed by atoms with van der Waals surface area (Å²) in [6.45, 7) is 3.02. The fraction of sp³-hybridized carbons (Fsp3) is 0.467. The highest BCUT2D eigenvalue weighted by Gasteiger charge is 2.34. The molecule has 1 aromatic heterocycles. The van der Waals surface area contributed by atoms with Crippen LogP contribution < -0.4 is 11.1 Å². The van der Waals surface area contributed by atoms with Crippen molar-refractivity contribution in [1.82, 2.24) is 15.2 Å². The van der Waals surface area contributed by atoms with Gasteiger partial charge >= 0.3 is 0 Å². The number of nitrogens with two attached hydrogens (primary N) is 1. The lowest BCUT2D eigenvalue weighted by Crippen LogP contribution is -2.54. The van der Waals surface area contributed by atoms with E-state index < -0.39 is 0 Å². The highest BCUT2D eigenvalue weighted by molar-refractivity contribution is 5.83. The molecule has 1 unspecified atom stereocenters. The van der Waals surface area contributed by atoms with Crippen LogP contribution >= 0.6 is 0 Å². The van der Waals surface area contributed by atoms with Crippen molar-refractivity contribution in [2.45, 2.75) is 69.9 Å². The number of halogens is 1. The minimum absolute atomic E-state index is 0.00244. The fourth-order valence-corrected chi connectivity index (χ4v) is 6.39. The zero-order valence-electron chi connectivity index (χ0n) is 21.5. The predicted octanol–water partition coefficient (Wildman–Crippen LogP) is 4.57. The third kappa shape index (κ3) is 5.87. The van der Waals surface area contributed by atoms with Gasteiger partial charge in [0.25, 0.3) is 0 Å². The molecule has 1 aliphatic heterocycles. The van der Waals surface area contributed by atoms with Crippen molar-refractivity contribution in [3.8, 4) is 0 Å². The monoisotopic (exact) mass is 504 g/mol. The quantitative estimate of drug-likeness (QED) is 0.440. The predicted molar refractivity (Wildman–Crippen MR) is 144 cm³/mol. The number of primary amides is 1. The molecule has 0 spiro atoms. The first-order chi connectivity index (χ1) is 17.9. The van der Waals surface area contributed by atoms with Gasteiger partial charge in [0.05, 0.1) is 12.5 Å². The smallest absolute Gasteiger partial charge is 0.234 e. The molecular formula is C30H37FN4O2. The highest BCUT2D eigenvalue weighted by Crippen LogP contribution is 2.37. The molecule has 6 nitrogen and oxygen atoms in total. The Hall–Kier alpha value is -3.19. The van der Waals surface area contributed by atoms with Crippen molar-refractivity contribution < 1.29 is 14.0 Å². The molecule has 0 radical (unpaired) electrons. The first kappa shape index (κ1) is 25.5. The number of nitrogens with zero attached hydrogens (tertiary/aromatic N) is 1. The summed E-state index contributed by atoms with van der Waals surface area (Å²) in [5.74, 6) is 0.0235. The number of aryl methyl sites for hydroxylation is 1. The van der Waals surface area contributed by atoms with Gasteiger partial charge in [0, 0.05) is 36.2 Å². The number of hydrogen-bond donors (Lipinski definition) is 3. The number of carbonyl (C=O) groups excluding carboxylic acids is 2. The second-order valence-electron chi connectivity index (χ2n) is 10.9. The summed E-state index contributed by atoms with van der Waals surface area (Å²) in [6.07, 6.45) is 8.00. The number of nitrogens with one attached hydrogen (secondary N) is 2. The molecule has 2 amide bonds. The lowest BCUT2D eigenvalue weighted by molar-refractivity contribution is -0.132. The number of amides is 2. The molecule has 1 saturated carbocycles. The first-order valence-electron chi connectivity index (χ1n) is 13.5. The van der Waals surface area contributed by atoms with Gasteiger partial charge in [-0.05, 0) is 92.2 Å². The maximum Gasteiger partial charge on any atom is 0.234 e. The summed E-state index contributed by atoms with van der Waals surface area (Å²) < 4.78 is 13.7. The Bertz CT molecular complexity index is 1240. The van der Waals surface area contributed by atoms with Crippen molar-refractivity contribution in [2.75, 3.05) is 13.1 Å². The number of hydrogen-bond acceptors (Lipinski definition) is 3. The Balaban J connectivity index is 1.13. The topological polar surface area (TPSA) is 91.2 Å². The summed E-state index contributed by atoms with van der Waals surface area (Å²) in [4.78, 5) is 30.5. The number of likely N-dealkylation sites (tertiary alicyclic amines) is 1. The average Bonchev–Trinajstić information content (AvgIpc) is 3.31. The van der Waals surface area contributed by atoms with Gasteiger partial charge in [0.15, 0.2) is 0 Å². The Morgan fingerprint density at radius 1 is 1.08 bits per heavy atom. The molecule has 2 aromatic carbocycles. The standard InChI is InChI=1S/C30H37FN4O2/c1-19-14-20(16-23(31)15-19)17-28(36)35-12-10-22(11-13-35)29(30(32)37)34-24-8-6-21(7-9-24)26-18-33-27-5-3-2-4-25(26)27/h2-5,14-16,18,21-22,24,29,33-34H,6-13,17H2,1H3,(H2,32,37). The first-order valence-corrected chi connectivity index (χ1v) is 13.5. The number of fused-ring (bicyclic) bond motifs is 1. The molecule has 1 atom stereocenters. The summed E-state index contributed by atoms with van der Waals surface area (Å²) in [5, 5.41) is 4.91. The third-order valence-electron chi connectivity index (χ3n) is 8.33. The van der Waals surface area contributed by atoms with E-state index in [1.165, 1.54) is 28.6 Å². The fourth-order valence-electron chi connectivity index (χ4n) is 6.39. The molecule has 2 aliphatic rings. The van der Waals surface area contributed by atoms with Gasteiger partial charge in [-0.15, -0.1) is 0 Å². The molecular weight excluding hydrogens is 467 g/mol. The third-order valence-corrected chi connectivity index (χ3v) is 8.33. The highest BCUT2D eigenvalue weighted by atomic mass is 19.1. The lowest BCUT2D eigenvalue weighted by Gasteiger charge is -2.38. The van der Waals surface area contributed by atoms with Crippen LogP contribution in [0.5, 0.6) is 0 Å². The van der Waals surface area contributed by atoms with E-state index in [0.29, 0.717) is 24.6 Å². The summed E-state index contributed by atoms with van der Waals surface area (Å²) >= 11 is 0. The molecule has 5 rings (SSSR count). The molecule has 1 saturated heterocycles. The van der Waals surface area contributed by atoms with E-state index in [-0.39, 0.29) is 42.1 Å². The van der Waals surface area contributed by atoms with E-state index >= 15 is 0 Å². The normalized spacial score (nSPS) is 21.7. The van der Waals surface area contributed by atoms with Gasteiger partial charge in [-0.25, -0.2) is 4.39 Å². The zero-order valence-corrected chi connectivity index (χ0v) is 21.5. The molecule has 0 bridgehead atoms. The number of para-hydroxylation sites is 1. The molecule has 4 N–H and O–H groups in total. The molecule has 196 valence electrons. The van der Waals surface area contributed by atoms with Gasteiger partial charge in [-0.3, -0.25) is 9.59 Å². The SMILES string of the molecule is Cc1cc(F)cc(CC(=O)N2CCC(C(NC3CCC(c4c[nH]c5ccccc45)CC3)C(N)=O)CC2)c1. The van der Waals surface area contributed by atoms with Crippen LogP contribution in [0.3, 0.4) is 0 Å². The van der Waals surface area contributed by atoms with Gasteiger partial charge in [0.1, 0.15) is 5.82 Å². The average molecular weight is 505 g/mol. The van der Waals surface area contributed by atoms with Gasteiger partial charge in [-0.1, -0.05) is 24.3 Å². The number of H-pyrrole nitrogens is 1. The molecule has 2 fully saturated rings. The minimum atomic E-state index is -0.377. The van der Waals surface area contributed by atoms with Gasteiger partial charge in [-0.2, -0.15) is 0 Å². The van der Waals surface area contributed by atoms with E-state index in [9.17, 15) is 14.0 Å². The number of piperidine rings is 1. The van der Waals surface area contributed by atoms with Crippen molar-refractivity contribution in [2.24, 2.45) is 11.7 Å². The number of benzene rings is 2. The van der Waals surface area contributed by atoms with E-state index in [0.717, 1.165) is 44.1 Å². The summed E-state index contributed by atoms with van der Waals surface area (Å²) in [7, 11) is 0. The van der Waals surface area contributed by atoms with Crippen molar-refractivity contribution in [3.63, 3.8) is 0 Å². The van der Waals surface area contributed by atoms with Crippen LogP contribution in [0.1, 0.15) is 61.1 Å². The second-order valence-corrected chi connectivity index (χ2v) is 10.9. The molecule has 37 heavy (non-hydrogen) atoms.